The molecule has 0 aliphatic carbocycles. The number of hydrogen-bond donors (Lipinski definition) is 1. The van der Waals surface area contributed by atoms with Crippen LogP contribution in [0.4, 0.5) is 0 Å². The summed E-state index contributed by atoms with van der Waals surface area (Å²) in [6.45, 7) is 1.55. The summed E-state index contributed by atoms with van der Waals surface area (Å²) >= 11 is 5.98. The Balaban J connectivity index is 0.00000156. The number of aromatic nitrogens is 1. The smallest absolute Gasteiger partial charge is 0.241 e. The van der Waals surface area contributed by atoms with Crippen LogP contribution in [-0.2, 0) is 9.53 Å². The summed E-state index contributed by atoms with van der Waals surface area (Å²) in [6, 6.07) is 4.82. The first-order valence-corrected chi connectivity index (χ1v) is 8.05. The highest BCUT2D eigenvalue weighted by Crippen LogP contribution is 2.30. The van der Waals surface area contributed by atoms with Crippen LogP contribution in [0, 0.1) is 0 Å². The third-order valence-corrected chi connectivity index (χ3v) is 4.42. The topological polar surface area (TPSA) is 81.6 Å². The zero-order valence-corrected chi connectivity index (χ0v) is 16.2. The number of amides is 1. The second-order valence-corrected chi connectivity index (χ2v) is 6.26. The molecule has 140 valence electrons. The molecule has 2 N–H and O–H groups in total. The molecule has 1 aliphatic heterocycles. The number of halogens is 3. The summed E-state index contributed by atoms with van der Waals surface area (Å²) in [5, 5.41) is 0.643. The molecule has 1 amide bonds. The van der Waals surface area contributed by atoms with Crippen LogP contribution in [-0.4, -0.2) is 48.6 Å². The van der Waals surface area contributed by atoms with Gasteiger partial charge in [-0.15, -0.1) is 24.8 Å². The molecule has 1 aromatic heterocycles. The van der Waals surface area contributed by atoms with Crippen molar-refractivity contribution in [3.05, 3.63) is 29.1 Å². The lowest BCUT2D eigenvalue weighted by Gasteiger charge is -2.32. The lowest BCUT2D eigenvalue weighted by molar-refractivity contribution is -0.134. The molecular formula is C16H22Cl3N3O3. The van der Waals surface area contributed by atoms with Crippen molar-refractivity contribution in [3.8, 4) is 0 Å². The van der Waals surface area contributed by atoms with Crippen LogP contribution in [0.3, 0.4) is 0 Å². The van der Waals surface area contributed by atoms with Crippen molar-refractivity contribution < 1.29 is 13.9 Å². The number of oxazole rings is 1. The molecule has 0 spiro atoms. The number of benzene rings is 1. The number of rotatable bonds is 4. The Morgan fingerprint density at radius 3 is 2.76 bits per heavy atom. The Kier molecular flexibility index (Phi) is 8.44. The number of carbonyl (C=O) groups excluding carboxylic acids is 1. The molecule has 9 heteroatoms. The van der Waals surface area contributed by atoms with Gasteiger partial charge in [0.25, 0.3) is 0 Å². The van der Waals surface area contributed by atoms with Crippen LogP contribution in [0.15, 0.2) is 22.6 Å². The molecule has 3 rings (SSSR count). The quantitative estimate of drug-likeness (QED) is 0.838. The second kappa shape index (κ2) is 9.59. The predicted octanol–water partition coefficient (Wildman–Crippen LogP) is 3.00. The number of carbonyl (C=O) groups is 1. The number of nitrogens with zero attached hydrogens (tertiary/aromatic N) is 2. The molecule has 1 saturated heterocycles. The second-order valence-electron chi connectivity index (χ2n) is 5.83. The average molecular weight is 411 g/mol. The number of likely N-dealkylation sites (tertiary alicyclic amines) is 1. The minimum absolute atomic E-state index is 0. The highest BCUT2D eigenvalue weighted by atomic mass is 35.5. The molecule has 1 atom stereocenters. The van der Waals surface area contributed by atoms with Crippen LogP contribution in [0.25, 0.3) is 11.1 Å². The lowest BCUT2D eigenvalue weighted by Crippen LogP contribution is -2.48. The zero-order chi connectivity index (χ0) is 16.4. The van der Waals surface area contributed by atoms with Gasteiger partial charge in [0.2, 0.25) is 5.91 Å². The van der Waals surface area contributed by atoms with Gasteiger partial charge >= 0.3 is 0 Å². The highest BCUT2D eigenvalue weighted by Gasteiger charge is 2.29. The van der Waals surface area contributed by atoms with E-state index >= 15 is 0 Å². The summed E-state index contributed by atoms with van der Waals surface area (Å²) in [4.78, 5) is 18.5. The molecule has 2 heterocycles. The van der Waals surface area contributed by atoms with Crippen molar-refractivity contribution in [2.75, 3.05) is 26.8 Å². The predicted molar refractivity (Wildman–Crippen MR) is 102 cm³/mol. The maximum absolute atomic E-state index is 12.2. The molecule has 2 aromatic rings. The van der Waals surface area contributed by atoms with Crippen LogP contribution >= 0.6 is 36.4 Å². The number of ether oxygens (including phenoxy) is 1. The van der Waals surface area contributed by atoms with Gasteiger partial charge in [0.15, 0.2) is 11.5 Å². The molecule has 25 heavy (non-hydrogen) atoms. The number of hydrogen-bond acceptors (Lipinski definition) is 5. The Morgan fingerprint density at radius 1 is 1.44 bits per heavy atom. The van der Waals surface area contributed by atoms with Crippen molar-refractivity contribution in [1.82, 2.24) is 9.88 Å². The molecular weight excluding hydrogens is 389 g/mol. The van der Waals surface area contributed by atoms with Gasteiger partial charge in [0.1, 0.15) is 11.6 Å². The average Bonchev–Trinajstić information content (AvgIpc) is 2.97. The fourth-order valence-electron chi connectivity index (χ4n) is 2.93. The van der Waals surface area contributed by atoms with E-state index in [1.165, 1.54) is 0 Å². The van der Waals surface area contributed by atoms with Crippen LogP contribution < -0.4 is 5.73 Å². The molecule has 1 fully saturated rings. The number of nitrogens with two attached hydrogens (primary N) is 1. The number of piperidine rings is 1. The van der Waals surface area contributed by atoms with Crippen LogP contribution in [0.1, 0.15) is 24.7 Å². The third kappa shape index (κ3) is 4.99. The van der Waals surface area contributed by atoms with E-state index in [0.29, 0.717) is 18.1 Å². The Labute approximate surface area is 163 Å². The van der Waals surface area contributed by atoms with Gasteiger partial charge < -0.3 is 19.8 Å². The maximum atomic E-state index is 12.2. The van der Waals surface area contributed by atoms with E-state index in [4.69, 9.17) is 26.5 Å². The summed E-state index contributed by atoms with van der Waals surface area (Å²) in [5.41, 5.74) is 7.32. The molecule has 0 radical (unpaired) electrons. The van der Waals surface area contributed by atoms with Gasteiger partial charge in [-0.05, 0) is 31.0 Å². The normalized spacial score (nSPS) is 16.2. The summed E-state index contributed by atoms with van der Waals surface area (Å²) < 4.78 is 10.8. The standard InChI is InChI=1S/C16H20ClN3O3.2ClH/c1-22-9-12(18)16(21)20-6-4-10(5-7-20)15-19-13-8-11(17)2-3-14(13)23-15;;/h2-3,8,10,12H,4-7,9,18H2,1H3;2*1H. The minimum Gasteiger partial charge on any atom is -0.440 e. The Hall–Kier alpha value is -1.05. The van der Waals surface area contributed by atoms with Gasteiger partial charge in [-0.25, -0.2) is 4.98 Å². The number of fused-ring (bicyclic) bond motifs is 1. The summed E-state index contributed by atoms with van der Waals surface area (Å²) in [5.74, 6) is 0.870. The minimum atomic E-state index is -0.594. The Morgan fingerprint density at radius 2 is 2.12 bits per heavy atom. The van der Waals surface area contributed by atoms with Gasteiger partial charge in [-0.2, -0.15) is 0 Å². The van der Waals surface area contributed by atoms with E-state index in [1.54, 1.807) is 24.1 Å². The van der Waals surface area contributed by atoms with E-state index in [0.717, 1.165) is 29.8 Å². The molecule has 0 bridgehead atoms. The molecule has 1 unspecified atom stereocenters. The monoisotopic (exact) mass is 409 g/mol. The largest absolute Gasteiger partial charge is 0.440 e. The fraction of sp³-hybridized carbons (Fsp3) is 0.500. The van der Waals surface area contributed by atoms with E-state index in [-0.39, 0.29) is 43.2 Å². The summed E-state index contributed by atoms with van der Waals surface area (Å²) in [7, 11) is 1.54. The molecule has 1 aliphatic rings. The fourth-order valence-corrected chi connectivity index (χ4v) is 3.09. The highest BCUT2D eigenvalue weighted by molar-refractivity contribution is 6.31. The van der Waals surface area contributed by atoms with Crippen LogP contribution in [0.5, 0.6) is 0 Å². The Bertz CT molecular complexity index is 702. The van der Waals surface area contributed by atoms with Crippen molar-refractivity contribution in [2.24, 2.45) is 5.73 Å². The first kappa shape index (κ1) is 22.0. The van der Waals surface area contributed by atoms with Crippen molar-refractivity contribution in [1.29, 1.82) is 0 Å². The SMILES string of the molecule is COCC(N)C(=O)N1CCC(c2nc3cc(Cl)ccc3o2)CC1.Cl.Cl. The molecule has 1 aromatic carbocycles. The van der Waals surface area contributed by atoms with E-state index in [2.05, 4.69) is 4.98 Å². The first-order chi connectivity index (χ1) is 11.1. The number of methoxy groups -OCH3 is 1. The first-order valence-electron chi connectivity index (χ1n) is 7.68. The van der Waals surface area contributed by atoms with Crippen molar-refractivity contribution >= 4 is 53.4 Å². The zero-order valence-electron chi connectivity index (χ0n) is 13.8. The van der Waals surface area contributed by atoms with E-state index < -0.39 is 6.04 Å². The summed E-state index contributed by atoms with van der Waals surface area (Å²) in [6.07, 6.45) is 1.62. The van der Waals surface area contributed by atoms with Crippen LogP contribution in [0.2, 0.25) is 5.02 Å². The van der Waals surface area contributed by atoms with E-state index in [1.807, 2.05) is 6.07 Å². The van der Waals surface area contributed by atoms with Gasteiger partial charge in [0, 0.05) is 31.1 Å². The van der Waals surface area contributed by atoms with Gasteiger partial charge in [-0.3, -0.25) is 4.79 Å². The maximum Gasteiger partial charge on any atom is 0.241 e. The van der Waals surface area contributed by atoms with Gasteiger partial charge in [0.05, 0.1) is 6.61 Å². The lowest BCUT2D eigenvalue weighted by atomic mass is 9.96. The molecule has 0 saturated carbocycles. The van der Waals surface area contributed by atoms with Gasteiger partial charge in [-0.1, -0.05) is 11.6 Å². The van der Waals surface area contributed by atoms with Crippen molar-refractivity contribution in [3.63, 3.8) is 0 Å². The third-order valence-electron chi connectivity index (χ3n) is 4.19. The molecule has 6 nitrogen and oxygen atoms in total. The van der Waals surface area contributed by atoms with Crippen molar-refractivity contribution in [2.45, 2.75) is 24.8 Å². The van der Waals surface area contributed by atoms with E-state index in [9.17, 15) is 4.79 Å².